The van der Waals surface area contributed by atoms with Gasteiger partial charge in [-0.3, -0.25) is 9.59 Å². The second-order valence-electron chi connectivity index (χ2n) is 6.83. The first-order valence-electron chi connectivity index (χ1n) is 8.20. The van der Waals surface area contributed by atoms with E-state index in [2.05, 4.69) is 4.90 Å². The quantitative estimate of drug-likeness (QED) is 0.845. The van der Waals surface area contributed by atoms with Crippen LogP contribution in [0.25, 0.3) is 0 Å². The minimum Gasteiger partial charge on any atom is -0.481 e. The average molecular weight is 279 g/mol. The van der Waals surface area contributed by atoms with Crippen molar-refractivity contribution in [3.63, 3.8) is 0 Å². The molecule has 2 unspecified atom stereocenters. The van der Waals surface area contributed by atoms with Crippen molar-refractivity contribution < 1.29 is 14.7 Å². The van der Waals surface area contributed by atoms with E-state index in [1.807, 2.05) is 0 Å². The number of carboxylic acid groups (broad SMARTS) is 1. The van der Waals surface area contributed by atoms with Crippen LogP contribution >= 0.6 is 0 Å². The normalized spacial score (nSPS) is 37.5. The minimum absolute atomic E-state index is 0.0308. The van der Waals surface area contributed by atoms with Gasteiger partial charge in [0.15, 0.2) is 0 Å². The van der Waals surface area contributed by atoms with E-state index in [1.54, 1.807) is 0 Å². The number of piperidine rings is 1. The number of nitrogens with zero attached hydrogens (tertiary/aromatic N) is 1. The molecule has 2 aliphatic carbocycles. The van der Waals surface area contributed by atoms with Gasteiger partial charge in [0.2, 0.25) is 5.91 Å². The number of amides is 1. The molecule has 0 radical (unpaired) electrons. The molecule has 0 aromatic carbocycles. The van der Waals surface area contributed by atoms with Crippen molar-refractivity contribution in [1.82, 2.24) is 4.90 Å². The summed E-state index contributed by atoms with van der Waals surface area (Å²) in [6.07, 6.45) is 9.39. The lowest BCUT2D eigenvalue weighted by molar-refractivity contribution is -0.143. The molecular weight excluding hydrogens is 254 g/mol. The van der Waals surface area contributed by atoms with Crippen molar-refractivity contribution in [3.05, 3.63) is 0 Å². The standard InChI is InChI=1S/C16H25NO3/c18-15(12-7-8-13(10-12)16(19)20)17-9-3-5-11-4-1-2-6-14(11)17/h11-14H,1-10H2,(H,19,20)/t11-,12?,13?,14-/m1/s1. The molecule has 0 bridgehead atoms. The van der Waals surface area contributed by atoms with Crippen molar-refractivity contribution in [2.75, 3.05) is 6.54 Å². The van der Waals surface area contributed by atoms with Gasteiger partial charge >= 0.3 is 5.97 Å². The minimum atomic E-state index is -0.727. The molecule has 20 heavy (non-hydrogen) atoms. The van der Waals surface area contributed by atoms with Gasteiger partial charge in [-0.15, -0.1) is 0 Å². The molecular formula is C16H25NO3. The predicted octanol–water partition coefficient (Wildman–Crippen LogP) is 2.67. The van der Waals surface area contributed by atoms with E-state index >= 15 is 0 Å². The molecule has 0 aromatic rings. The molecule has 4 nitrogen and oxygen atoms in total. The molecule has 3 fully saturated rings. The molecule has 4 atom stereocenters. The molecule has 1 heterocycles. The Labute approximate surface area is 120 Å². The highest BCUT2D eigenvalue weighted by Gasteiger charge is 2.41. The van der Waals surface area contributed by atoms with Gasteiger partial charge in [0.25, 0.3) is 0 Å². The Morgan fingerprint density at radius 1 is 0.900 bits per heavy atom. The van der Waals surface area contributed by atoms with Crippen LogP contribution in [0.5, 0.6) is 0 Å². The Balaban J connectivity index is 1.65. The molecule has 1 aliphatic heterocycles. The fourth-order valence-corrected chi connectivity index (χ4v) is 4.56. The van der Waals surface area contributed by atoms with Gasteiger partial charge in [-0.25, -0.2) is 0 Å². The van der Waals surface area contributed by atoms with E-state index in [-0.39, 0.29) is 17.7 Å². The summed E-state index contributed by atoms with van der Waals surface area (Å²) in [5.41, 5.74) is 0. The van der Waals surface area contributed by atoms with E-state index < -0.39 is 5.97 Å². The van der Waals surface area contributed by atoms with Gasteiger partial charge in [0, 0.05) is 18.5 Å². The van der Waals surface area contributed by atoms with Crippen LogP contribution in [0, 0.1) is 17.8 Å². The third-order valence-corrected chi connectivity index (χ3v) is 5.66. The number of hydrogen-bond donors (Lipinski definition) is 1. The third-order valence-electron chi connectivity index (χ3n) is 5.66. The molecule has 1 saturated heterocycles. The summed E-state index contributed by atoms with van der Waals surface area (Å²) in [4.78, 5) is 25.9. The smallest absolute Gasteiger partial charge is 0.306 e. The second-order valence-corrected chi connectivity index (χ2v) is 6.83. The number of rotatable bonds is 2. The van der Waals surface area contributed by atoms with Crippen LogP contribution in [0.4, 0.5) is 0 Å². The summed E-state index contributed by atoms with van der Waals surface area (Å²) in [5.74, 6) is -0.0920. The summed E-state index contributed by atoms with van der Waals surface area (Å²) in [5, 5.41) is 9.09. The van der Waals surface area contributed by atoms with Crippen LogP contribution in [0.1, 0.15) is 57.8 Å². The summed E-state index contributed by atoms with van der Waals surface area (Å²) in [6, 6.07) is 0.453. The Morgan fingerprint density at radius 3 is 2.35 bits per heavy atom. The van der Waals surface area contributed by atoms with E-state index in [0.717, 1.165) is 25.8 Å². The number of likely N-dealkylation sites (tertiary alicyclic amines) is 1. The highest BCUT2D eigenvalue weighted by Crippen LogP contribution is 2.38. The molecule has 112 valence electrons. The molecule has 1 amide bonds. The first-order chi connectivity index (χ1) is 9.66. The molecule has 0 aromatic heterocycles. The van der Waals surface area contributed by atoms with E-state index in [4.69, 9.17) is 5.11 Å². The Morgan fingerprint density at radius 2 is 1.60 bits per heavy atom. The lowest BCUT2D eigenvalue weighted by Gasteiger charge is -2.45. The second kappa shape index (κ2) is 5.74. The van der Waals surface area contributed by atoms with E-state index in [9.17, 15) is 9.59 Å². The van der Waals surface area contributed by atoms with Crippen molar-refractivity contribution in [2.45, 2.75) is 63.8 Å². The largest absolute Gasteiger partial charge is 0.481 e. The molecule has 2 saturated carbocycles. The number of carbonyl (C=O) groups is 2. The van der Waals surface area contributed by atoms with Crippen molar-refractivity contribution in [1.29, 1.82) is 0 Å². The van der Waals surface area contributed by atoms with Gasteiger partial charge in [0.1, 0.15) is 0 Å². The fraction of sp³-hybridized carbons (Fsp3) is 0.875. The molecule has 1 N–H and O–H groups in total. The maximum atomic E-state index is 12.8. The van der Waals surface area contributed by atoms with Crippen molar-refractivity contribution in [3.8, 4) is 0 Å². The summed E-state index contributed by atoms with van der Waals surface area (Å²) < 4.78 is 0. The Hall–Kier alpha value is -1.06. The summed E-state index contributed by atoms with van der Waals surface area (Å²) in [6.45, 7) is 0.897. The van der Waals surface area contributed by atoms with Gasteiger partial charge in [-0.2, -0.15) is 0 Å². The first-order valence-corrected chi connectivity index (χ1v) is 8.20. The zero-order valence-corrected chi connectivity index (χ0v) is 12.1. The Kier molecular flexibility index (Phi) is 3.99. The molecule has 0 spiro atoms. The molecule has 4 heteroatoms. The van der Waals surface area contributed by atoms with Gasteiger partial charge in [0.05, 0.1) is 5.92 Å². The SMILES string of the molecule is O=C(O)C1CCC(C(=O)N2CCC[C@H]3CCCC[C@H]32)C1. The third kappa shape index (κ3) is 2.57. The topological polar surface area (TPSA) is 57.6 Å². The zero-order chi connectivity index (χ0) is 14.1. The average Bonchev–Trinajstić information content (AvgIpc) is 2.96. The van der Waals surface area contributed by atoms with Crippen LogP contribution in [0.3, 0.4) is 0 Å². The highest BCUT2D eigenvalue weighted by atomic mass is 16.4. The number of hydrogen-bond acceptors (Lipinski definition) is 2. The number of aliphatic carboxylic acids is 1. The fourth-order valence-electron chi connectivity index (χ4n) is 4.56. The van der Waals surface area contributed by atoms with Crippen molar-refractivity contribution >= 4 is 11.9 Å². The predicted molar refractivity (Wildman–Crippen MR) is 75.2 cm³/mol. The van der Waals surface area contributed by atoms with Gasteiger partial charge < -0.3 is 10.0 Å². The summed E-state index contributed by atoms with van der Waals surface area (Å²) >= 11 is 0. The van der Waals surface area contributed by atoms with Gasteiger partial charge in [-0.1, -0.05) is 12.8 Å². The van der Waals surface area contributed by atoms with Gasteiger partial charge in [-0.05, 0) is 50.9 Å². The first kappa shape index (κ1) is 13.9. The van der Waals surface area contributed by atoms with Crippen LogP contribution in [-0.4, -0.2) is 34.5 Å². The van der Waals surface area contributed by atoms with E-state index in [0.29, 0.717) is 24.8 Å². The molecule has 3 aliphatic rings. The maximum Gasteiger partial charge on any atom is 0.306 e. The number of fused-ring (bicyclic) bond motifs is 1. The lowest BCUT2D eigenvalue weighted by Crippen LogP contribution is -2.51. The zero-order valence-electron chi connectivity index (χ0n) is 12.1. The Bertz CT molecular complexity index is 393. The van der Waals surface area contributed by atoms with Crippen LogP contribution in [0.2, 0.25) is 0 Å². The van der Waals surface area contributed by atoms with Crippen molar-refractivity contribution in [2.24, 2.45) is 17.8 Å². The highest BCUT2D eigenvalue weighted by molar-refractivity contribution is 5.81. The van der Waals surface area contributed by atoms with Crippen LogP contribution in [0.15, 0.2) is 0 Å². The number of carboxylic acids is 1. The van der Waals surface area contributed by atoms with E-state index in [1.165, 1.54) is 25.7 Å². The lowest BCUT2D eigenvalue weighted by atomic mass is 9.78. The van der Waals surface area contributed by atoms with Crippen LogP contribution in [-0.2, 0) is 9.59 Å². The summed E-state index contributed by atoms with van der Waals surface area (Å²) in [7, 11) is 0. The monoisotopic (exact) mass is 279 g/mol. The van der Waals surface area contributed by atoms with Crippen LogP contribution < -0.4 is 0 Å². The maximum absolute atomic E-state index is 12.8. The number of carbonyl (C=O) groups excluding carboxylic acids is 1. The molecule has 3 rings (SSSR count).